The van der Waals surface area contributed by atoms with Crippen molar-refractivity contribution in [2.75, 3.05) is 17.7 Å². The van der Waals surface area contributed by atoms with Gasteiger partial charge in [-0.05, 0) is 10.8 Å². The van der Waals surface area contributed by atoms with Crippen LogP contribution in [0.25, 0.3) is 0 Å². The lowest BCUT2D eigenvalue weighted by atomic mass is 10.0. The second kappa shape index (κ2) is 4.08. The molecule has 0 radical (unpaired) electrons. The average molecular weight is 264 g/mol. The summed E-state index contributed by atoms with van der Waals surface area (Å²) < 4.78 is 0. The van der Waals surface area contributed by atoms with Gasteiger partial charge >= 0.3 is 0 Å². The molecular weight excluding hydrogens is 244 g/mol. The van der Waals surface area contributed by atoms with Crippen LogP contribution in [-0.2, 0) is 0 Å². The van der Waals surface area contributed by atoms with Gasteiger partial charge in [-0.2, -0.15) is 0 Å². The van der Waals surface area contributed by atoms with Crippen LogP contribution < -0.4 is 10.6 Å². The fourth-order valence-electron chi connectivity index (χ4n) is 2.53. The van der Waals surface area contributed by atoms with E-state index < -0.39 is 4.92 Å². The minimum absolute atomic E-state index is 0.0399. The summed E-state index contributed by atoms with van der Waals surface area (Å²) in [5.74, 6) is 1.04. The summed E-state index contributed by atoms with van der Waals surface area (Å²) in [5, 5.41) is 17.1. The predicted molar refractivity (Wildman–Crippen MR) is 75.4 cm³/mol. The highest BCUT2D eigenvalue weighted by Gasteiger charge is 2.65. The number of nitrogens with one attached hydrogen (secondary N) is 2. The van der Waals surface area contributed by atoms with E-state index in [1.165, 1.54) is 12.1 Å². The number of nitro groups is 1. The second-order valence-electron chi connectivity index (χ2n) is 6.12. The average Bonchev–Trinajstić information content (AvgIpc) is 2.71. The van der Waals surface area contributed by atoms with Crippen molar-refractivity contribution in [2.24, 2.45) is 10.8 Å². The van der Waals surface area contributed by atoms with E-state index in [-0.39, 0.29) is 22.6 Å². The van der Waals surface area contributed by atoms with Gasteiger partial charge in [0.25, 0.3) is 5.69 Å². The Morgan fingerprint density at radius 2 is 1.74 bits per heavy atom. The molecule has 0 amide bonds. The molecule has 2 N–H and O–H groups in total. The van der Waals surface area contributed by atoms with Crippen LogP contribution in [0.3, 0.4) is 0 Å². The molecule has 1 aromatic rings. The lowest BCUT2D eigenvalue weighted by Gasteiger charge is -2.09. The molecule has 6 heteroatoms. The zero-order valence-electron chi connectivity index (χ0n) is 11.9. The van der Waals surface area contributed by atoms with Crippen molar-refractivity contribution in [1.29, 1.82) is 0 Å². The third kappa shape index (κ3) is 2.11. The first kappa shape index (κ1) is 13.6. The number of rotatable bonds is 4. The topological polar surface area (TPSA) is 80.1 Å². The summed E-state index contributed by atoms with van der Waals surface area (Å²) in [7, 11) is 1.70. The lowest BCUT2D eigenvalue weighted by Crippen LogP contribution is -2.12. The number of anilines is 2. The summed E-state index contributed by atoms with van der Waals surface area (Å²) in [5.41, 5.74) is 0.344. The van der Waals surface area contributed by atoms with Gasteiger partial charge in [0, 0.05) is 13.1 Å². The molecule has 0 atom stereocenters. The molecule has 1 aliphatic carbocycles. The van der Waals surface area contributed by atoms with E-state index >= 15 is 0 Å². The van der Waals surface area contributed by atoms with Crippen molar-refractivity contribution in [3.05, 3.63) is 22.2 Å². The third-order valence-electron chi connectivity index (χ3n) is 4.59. The fourth-order valence-corrected chi connectivity index (χ4v) is 2.53. The Kier molecular flexibility index (Phi) is 2.91. The second-order valence-corrected chi connectivity index (χ2v) is 6.12. The third-order valence-corrected chi connectivity index (χ3v) is 4.59. The molecule has 1 aromatic heterocycles. The van der Waals surface area contributed by atoms with E-state index in [2.05, 4.69) is 43.3 Å². The van der Waals surface area contributed by atoms with Crippen molar-refractivity contribution in [1.82, 2.24) is 4.98 Å². The molecule has 0 unspecified atom stereocenters. The Labute approximate surface area is 112 Å². The minimum Gasteiger partial charge on any atom is -0.373 e. The van der Waals surface area contributed by atoms with Crippen LogP contribution in [0, 0.1) is 20.9 Å². The Balaban J connectivity index is 2.27. The molecule has 1 heterocycles. The number of pyridine rings is 1. The standard InChI is InChI=1S/C13H20N4O2/c1-12(2)11(13(12,3)4)16-10-7-8(17(18)19)6-9(14-5)15-10/h6-7,11H,1-5H3,(H2,14,15,16). The largest absolute Gasteiger partial charge is 0.373 e. The molecule has 104 valence electrons. The molecule has 0 aliphatic heterocycles. The van der Waals surface area contributed by atoms with E-state index in [0.29, 0.717) is 11.6 Å². The Bertz CT molecular complexity index is 511. The van der Waals surface area contributed by atoms with Gasteiger partial charge in [0.2, 0.25) is 0 Å². The molecule has 0 saturated heterocycles. The Hall–Kier alpha value is -1.85. The fraction of sp³-hybridized carbons (Fsp3) is 0.615. The predicted octanol–water partition coefficient (Wildman–Crippen LogP) is 2.88. The monoisotopic (exact) mass is 264 g/mol. The highest BCUT2D eigenvalue weighted by Crippen LogP contribution is 2.63. The van der Waals surface area contributed by atoms with Gasteiger partial charge in [0.1, 0.15) is 11.6 Å². The van der Waals surface area contributed by atoms with Crippen LogP contribution in [-0.4, -0.2) is 23.0 Å². The SMILES string of the molecule is CNc1cc([N+](=O)[O-])cc(NC2C(C)(C)C2(C)C)n1. The van der Waals surface area contributed by atoms with E-state index in [1.54, 1.807) is 7.05 Å². The van der Waals surface area contributed by atoms with E-state index in [4.69, 9.17) is 0 Å². The number of aromatic nitrogens is 1. The van der Waals surface area contributed by atoms with Crippen LogP contribution in [0.5, 0.6) is 0 Å². The molecule has 19 heavy (non-hydrogen) atoms. The maximum atomic E-state index is 10.9. The maximum Gasteiger partial charge on any atom is 0.276 e. The lowest BCUT2D eigenvalue weighted by molar-refractivity contribution is -0.384. The van der Waals surface area contributed by atoms with E-state index in [1.807, 2.05) is 0 Å². The summed E-state index contributed by atoms with van der Waals surface area (Å²) in [6, 6.07) is 3.17. The first-order valence-corrected chi connectivity index (χ1v) is 6.31. The number of hydrogen-bond acceptors (Lipinski definition) is 5. The van der Waals surface area contributed by atoms with Gasteiger partial charge < -0.3 is 10.6 Å². The molecule has 1 aliphatic rings. The van der Waals surface area contributed by atoms with E-state index in [9.17, 15) is 10.1 Å². The molecule has 2 rings (SSSR count). The first-order chi connectivity index (χ1) is 8.70. The van der Waals surface area contributed by atoms with Gasteiger partial charge in [-0.3, -0.25) is 10.1 Å². The summed E-state index contributed by atoms with van der Waals surface area (Å²) in [6.07, 6.45) is 0. The van der Waals surface area contributed by atoms with Gasteiger partial charge in [-0.1, -0.05) is 27.7 Å². The van der Waals surface area contributed by atoms with Crippen molar-refractivity contribution in [3.63, 3.8) is 0 Å². The van der Waals surface area contributed by atoms with Crippen LogP contribution in [0.2, 0.25) is 0 Å². The van der Waals surface area contributed by atoms with Gasteiger partial charge in [-0.15, -0.1) is 0 Å². The minimum atomic E-state index is -0.406. The number of hydrogen-bond donors (Lipinski definition) is 2. The van der Waals surface area contributed by atoms with Gasteiger partial charge in [0.05, 0.1) is 17.1 Å². The van der Waals surface area contributed by atoms with Crippen molar-refractivity contribution in [2.45, 2.75) is 33.7 Å². The molecule has 0 bridgehead atoms. The van der Waals surface area contributed by atoms with Crippen molar-refractivity contribution >= 4 is 17.3 Å². The maximum absolute atomic E-state index is 10.9. The van der Waals surface area contributed by atoms with E-state index in [0.717, 1.165) is 0 Å². The number of nitrogens with zero attached hydrogens (tertiary/aromatic N) is 2. The quantitative estimate of drug-likeness (QED) is 0.645. The van der Waals surface area contributed by atoms with Crippen LogP contribution in [0.15, 0.2) is 12.1 Å². The Morgan fingerprint density at radius 3 is 2.16 bits per heavy atom. The van der Waals surface area contributed by atoms with Gasteiger partial charge in [0.15, 0.2) is 0 Å². The highest BCUT2D eigenvalue weighted by molar-refractivity contribution is 5.56. The van der Waals surface area contributed by atoms with Gasteiger partial charge in [-0.25, -0.2) is 4.98 Å². The molecule has 1 fully saturated rings. The molecule has 6 nitrogen and oxygen atoms in total. The smallest absolute Gasteiger partial charge is 0.276 e. The highest BCUT2D eigenvalue weighted by atomic mass is 16.6. The first-order valence-electron chi connectivity index (χ1n) is 6.31. The molecule has 0 spiro atoms. The summed E-state index contributed by atoms with van der Waals surface area (Å²) in [4.78, 5) is 14.8. The summed E-state index contributed by atoms with van der Waals surface area (Å²) in [6.45, 7) is 8.73. The Morgan fingerprint density at radius 1 is 1.21 bits per heavy atom. The normalized spacial score (nSPS) is 19.8. The zero-order chi connectivity index (χ0) is 14.4. The molecule has 0 aromatic carbocycles. The summed E-state index contributed by atoms with van der Waals surface area (Å²) >= 11 is 0. The van der Waals surface area contributed by atoms with Crippen LogP contribution in [0.4, 0.5) is 17.3 Å². The van der Waals surface area contributed by atoms with Crippen LogP contribution >= 0.6 is 0 Å². The van der Waals surface area contributed by atoms with Crippen molar-refractivity contribution < 1.29 is 4.92 Å². The zero-order valence-corrected chi connectivity index (χ0v) is 11.9. The molecular formula is C13H20N4O2. The van der Waals surface area contributed by atoms with Crippen LogP contribution in [0.1, 0.15) is 27.7 Å². The molecule has 1 saturated carbocycles. The van der Waals surface area contributed by atoms with Crippen molar-refractivity contribution in [3.8, 4) is 0 Å².